The van der Waals surface area contributed by atoms with Gasteiger partial charge in [-0.3, -0.25) is 0 Å². The molecule has 1 amide bonds. The van der Waals surface area contributed by atoms with Gasteiger partial charge in [0.1, 0.15) is 0 Å². The van der Waals surface area contributed by atoms with Gasteiger partial charge in [0.15, 0.2) is 0 Å². The number of nitrogens with one attached hydrogen (secondary N) is 1. The van der Waals surface area contributed by atoms with Crippen LogP contribution in [-0.2, 0) is 17.1 Å². The average Bonchev–Trinajstić information content (AvgIpc) is 2.41. The van der Waals surface area contributed by atoms with Gasteiger partial charge >= 0.3 is 18.4 Å². The van der Waals surface area contributed by atoms with Crippen LogP contribution in [0, 0.1) is 5.92 Å². The topological polar surface area (TPSA) is 38.3 Å². The number of alkyl carbamates (subject to hydrolysis) is 1. The number of carbonyl (C=O) groups is 1. The van der Waals surface area contributed by atoms with Gasteiger partial charge < -0.3 is 10.1 Å². The van der Waals surface area contributed by atoms with Crippen molar-refractivity contribution < 1.29 is 35.9 Å². The van der Waals surface area contributed by atoms with Crippen LogP contribution in [0.2, 0.25) is 0 Å². The fourth-order valence-corrected chi connectivity index (χ4v) is 1.46. The predicted octanol–water partition coefficient (Wildman–Crippen LogP) is 4.09. The molecule has 1 aliphatic rings. The minimum Gasteiger partial charge on any atom is -0.449 e. The molecule has 2 rings (SSSR count). The number of amides is 1. The van der Waals surface area contributed by atoms with Gasteiger partial charge in [-0.2, -0.15) is 26.3 Å². The molecule has 22 heavy (non-hydrogen) atoms. The summed E-state index contributed by atoms with van der Waals surface area (Å²) in [6.07, 6.45) is -9.79. The van der Waals surface area contributed by atoms with E-state index in [0.29, 0.717) is 24.7 Å². The molecule has 1 saturated heterocycles. The number of rotatable bonds is 0. The normalized spacial score (nSPS) is 18.7. The Balaban J connectivity index is 0.000000255. The van der Waals surface area contributed by atoms with Crippen molar-refractivity contribution in [2.45, 2.75) is 19.3 Å². The molecule has 1 N–H and O–H groups in total. The van der Waals surface area contributed by atoms with Crippen molar-refractivity contribution in [3.8, 4) is 0 Å². The molecular formula is C13H13F6NO2. The van der Waals surface area contributed by atoms with Crippen molar-refractivity contribution in [3.05, 3.63) is 35.4 Å². The fraction of sp³-hybridized carbons (Fsp3) is 0.462. The van der Waals surface area contributed by atoms with E-state index < -0.39 is 23.5 Å². The van der Waals surface area contributed by atoms with Gasteiger partial charge in [0.25, 0.3) is 0 Å². The highest BCUT2D eigenvalue weighted by atomic mass is 19.4. The summed E-state index contributed by atoms with van der Waals surface area (Å²) in [5.41, 5.74) is -2.60. The van der Waals surface area contributed by atoms with Crippen molar-refractivity contribution in [1.82, 2.24) is 5.32 Å². The third-order valence-corrected chi connectivity index (χ3v) is 2.61. The third-order valence-electron chi connectivity index (χ3n) is 2.61. The summed E-state index contributed by atoms with van der Waals surface area (Å²) in [6.45, 7) is 3.34. The minimum absolute atomic E-state index is 0.0833. The van der Waals surface area contributed by atoms with Crippen LogP contribution >= 0.6 is 0 Å². The maximum atomic E-state index is 12.0. The molecule has 0 saturated carbocycles. The average molecular weight is 329 g/mol. The zero-order valence-corrected chi connectivity index (χ0v) is 11.4. The maximum absolute atomic E-state index is 12.0. The Labute approximate surface area is 122 Å². The molecule has 1 aromatic carbocycles. The quantitative estimate of drug-likeness (QED) is 0.728. The van der Waals surface area contributed by atoms with Gasteiger partial charge in [-0.05, 0) is 18.2 Å². The van der Waals surface area contributed by atoms with Crippen molar-refractivity contribution >= 4 is 6.09 Å². The summed E-state index contributed by atoms with van der Waals surface area (Å²) in [5.74, 6) is 0.465. The third kappa shape index (κ3) is 5.82. The minimum atomic E-state index is -4.75. The lowest BCUT2D eigenvalue weighted by Crippen LogP contribution is -2.37. The molecule has 9 heteroatoms. The smallest absolute Gasteiger partial charge is 0.416 e. The second kappa shape index (κ2) is 6.89. The lowest BCUT2D eigenvalue weighted by atomic mass is 10.1. The zero-order valence-electron chi connectivity index (χ0n) is 11.4. The van der Waals surface area contributed by atoms with Crippen LogP contribution in [0.1, 0.15) is 18.1 Å². The molecule has 1 fully saturated rings. The Kier molecular flexibility index (Phi) is 5.67. The Morgan fingerprint density at radius 3 is 1.91 bits per heavy atom. The summed E-state index contributed by atoms with van der Waals surface area (Å²) < 4.78 is 76.6. The summed E-state index contributed by atoms with van der Waals surface area (Å²) in [6, 6.07) is 2.00. The van der Waals surface area contributed by atoms with E-state index in [1.165, 1.54) is 0 Å². The van der Waals surface area contributed by atoms with Crippen LogP contribution in [0.5, 0.6) is 0 Å². The van der Waals surface area contributed by atoms with E-state index >= 15 is 0 Å². The number of cyclic esters (lactones) is 1. The van der Waals surface area contributed by atoms with E-state index in [1.54, 1.807) is 0 Å². The maximum Gasteiger partial charge on any atom is 0.416 e. The van der Waals surface area contributed by atoms with E-state index in [-0.39, 0.29) is 12.2 Å². The SMILES string of the molecule is C[C@@H]1CNC(=O)OC1.FC(F)(F)c1cccc(C(F)(F)F)c1. The molecule has 0 radical (unpaired) electrons. The number of carbonyl (C=O) groups excluding carboxylic acids is 1. The Bertz CT molecular complexity index is 473. The van der Waals surface area contributed by atoms with E-state index in [1.807, 2.05) is 6.92 Å². The number of benzene rings is 1. The Hall–Kier alpha value is -1.93. The van der Waals surface area contributed by atoms with Crippen LogP contribution in [0.15, 0.2) is 24.3 Å². The summed E-state index contributed by atoms with van der Waals surface area (Å²) in [5, 5.41) is 2.57. The highest BCUT2D eigenvalue weighted by Gasteiger charge is 2.35. The van der Waals surface area contributed by atoms with Crippen molar-refractivity contribution in [2.75, 3.05) is 13.2 Å². The monoisotopic (exact) mass is 329 g/mol. The van der Waals surface area contributed by atoms with Gasteiger partial charge in [0.05, 0.1) is 17.7 Å². The molecule has 0 spiro atoms. The first-order valence-electron chi connectivity index (χ1n) is 6.15. The van der Waals surface area contributed by atoms with Gasteiger partial charge in [-0.25, -0.2) is 4.79 Å². The standard InChI is InChI=1S/C8H4F6.C5H9NO2/c9-7(10,11)5-2-1-3-6(4-5)8(12,13)14;1-4-2-6-5(7)8-3-4/h1-4H;4H,2-3H2,1H3,(H,6,7)/t;4-/m.1/s1. The first-order chi connectivity index (χ1) is 10.00. The molecule has 124 valence electrons. The van der Waals surface area contributed by atoms with Gasteiger partial charge in [0.2, 0.25) is 0 Å². The summed E-state index contributed by atoms with van der Waals surface area (Å²) >= 11 is 0. The zero-order chi connectivity index (χ0) is 17.0. The number of alkyl halides is 6. The summed E-state index contributed by atoms with van der Waals surface area (Å²) in [7, 11) is 0. The van der Waals surface area contributed by atoms with Crippen LogP contribution in [0.4, 0.5) is 31.1 Å². The molecular weight excluding hydrogens is 316 g/mol. The van der Waals surface area contributed by atoms with E-state index in [9.17, 15) is 31.1 Å². The lowest BCUT2D eigenvalue weighted by Gasteiger charge is -2.18. The van der Waals surface area contributed by atoms with Gasteiger partial charge in [-0.1, -0.05) is 13.0 Å². The number of hydrogen-bond donors (Lipinski definition) is 1. The van der Waals surface area contributed by atoms with Crippen LogP contribution in [0.25, 0.3) is 0 Å². The molecule has 1 aromatic rings. The number of halogens is 6. The highest BCUT2D eigenvalue weighted by molar-refractivity contribution is 5.67. The molecule has 1 heterocycles. The molecule has 0 aliphatic carbocycles. The molecule has 1 aliphatic heterocycles. The Morgan fingerprint density at radius 2 is 1.59 bits per heavy atom. The second-order valence-electron chi connectivity index (χ2n) is 4.66. The lowest BCUT2D eigenvalue weighted by molar-refractivity contribution is -0.143. The first-order valence-corrected chi connectivity index (χ1v) is 6.15. The van der Waals surface area contributed by atoms with Crippen LogP contribution in [0.3, 0.4) is 0 Å². The van der Waals surface area contributed by atoms with E-state index in [0.717, 1.165) is 12.6 Å². The van der Waals surface area contributed by atoms with Crippen molar-refractivity contribution in [2.24, 2.45) is 5.92 Å². The molecule has 1 atom stereocenters. The molecule has 0 aromatic heterocycles. The first kappa shape index (κ1) is 18.1. The van der Waals surface area contributed by atoms with Crippen molar-refractivity contribution in [1.29, 1.82) is 0 Å². The molecule has 0 bridgehead atoms. The van der Waals surface area contributed by atoms with E-state index in [2.05, 4.69) is 10.1 Å². The predicted molar refractivity (Wildman–Crippen MR) is 65.0 cm³/mol. The van der Waals surface area contributed by atoms with Crippen LogP contribution in [-0.4, -0.2) is 19.2 Å². The molecule has 0 unspecified atom stereocenters. The van der Waals surface area contributed by atoms with Crippen molar-refractivity contribution in [3.63, 3.8) is 0 Å². The van der Waals surface area contributed by atoms with Gasteiger partial charge in [0, 0.05) is 12.5 Å². The Morgan fingerprint density at radius 1 is 1.09 bits per heavy atom. The van der Waals surface area contributed by atoms with E-state index in [4.69, 9.17) is 0 Å². The second-order valence-corrected chi connectivity index (χ2v) is 4.66. The van der Waals surface area contributed by atoms with Gasteiger partial charge in [-0.15, -0.1) is 0 Å². The largest absolute Gasteiger partial charge is 0.449 e. The summed E-state index contributed by atoms with van der Waals surface area (Å²) in [4.78, 5) is 10.3. The number of ether oxygens (including phenoxy) is 1. The fourth-order valence-electron chi connectivity index (χ4n) is 1.46. The highest BCUT2D eigenvalue weighted by Crippen LogP contribution is 2.34. The molecule has 3 nitrogen and oxygen atoms in total. The van der Waals surface area contributed by atoms with Crippen LogP contribution < -0.4 is 5.32 Å². The number of hydrogen-bond acceptors (Lipinski definition) is 2.